The van der Waals surface area contributed by atoms with E-state index in [0.29, 0.717) is 18.2 Å². The molecule has 0 spiro atoms. The lowest BCUT2D eigenvalue weighted by Gasteiger charge is -2.29. The van der Waals surface area contributed by atoms with Crippen molar-refractivity contribution in [2.24, 2.45) is 5.73 Å². The third-order valence-corrected chi connectivity index (χ3v) is 3.49. The smallest absolute Gasteiger partial charge is 0.200 e. The summed E-state index contributed by atoms with van der Waals surface area (Å²) in [6.07, 6.45) is 5.02. The third kappa shape index (κ3) is 2.01. The fourth-order valence-corrected chi connectivity index (χ4v) is 2.63. The van der Waals surface area contributed by atoms with Gasteiger partial charge in [0.1, 0.15) is 0 Å². The van der Waals surface area contributed by atoms with Crippen LogP contribution >= 0.6 is 0 Å². The van der Waals surface area contributed by atoms with Gasteiger partial charge in [0.05, 0.1) is 0 Å². The van der Waals surface area contributed by atoms with E-state index in [1.54, 1.807) is 0 Å². The zero-order chi connectivity index (χ0) is 12.4. The second-order valence-electron chi connectivity index (χ2n) is 4.64. The van der Waals surface area contributed by atoms with E-state index < -0.39 is 0 Å². The number of nitrogens with two attached hydrogens (primary N) is 1. The molecular formula is C11H17N7. The topological polar surface area (TPSA) is 85.2 Å². The van der Waals surface area contributed by atoms with Gasteiger partial charge < -0.3 is 10.6 Å². The average molecular weight is 247 g/mol. The summed E-state index contributed by atoms with van der Waals surface area (Å²) in [7, 11) is 0. The molecule has 2 heterocycles. The van der Waals surface area contributed by atoms with Gasteiger partial charge in [-0.2, -0.15) is 0 Å². The van der Waals surface area contributed by atoms with Gasteiger partial charge in [0.25, 0.3) is 0 Å². The zero-order valence-electron chi connectivity index (χ0n) is 10.2. The molecule has 18 heavy (non-hydrogen) atoms. The Labute approximate surface area is 105 Å². The normalized spacial score (nSPS) is 16.5. The largest absolute Gasteiger partial charge is 0.351 e. The summed E-state index contributed by atoms with van der Waals surface area (Å²) in [5.74, 6) is 0.909. The molecule has 0 aliphatic heterocycles. The van der Waals surface area contributed by atoms with Gasteiger partial charge in [0.15, 0.2) is 11.5 Å². The second kappa shape index (κ2) is 4.85. The van der Waals surface area contributed by atoms with Crippen molar-refractivity contribution in [3.63, 3.8) is 0 Å². The first-order valence-electron chi connectivity index (χ1n) is 6.40. The SMILES string of the molecule is NCCN(c1ccc2nnnn2n1)C1CCCC1. The predicted molar refractivity (Wildman–Crippen MR) is 67.2 cm³/mol. The molecule has 0 radical (unpaired) electrons. The molecule has 96 valence electrons. The first-order chi connectivity index (χ1) is 8.88. The van der Waals surface area contributed by atoms with Crippen LogP contribution in [0.5, 0.6) is 0 Å². The Hall–Kier alpha value is -1.76. The lowest BCUT2D eigenvalue weighted by Crippen LogP contribution is -2.38. The van der Waals surface area contributed by atoms with Crippen LogP contribution in [0.1, 0.15) is 25.7 Å². The van der Waals surface area contributed by atoms with Crippen molar-refractivity contribution < 1.29 is 0 Å². The summed E-state index contributed by atoms with van der Waals surface area (Å²) >= 11 is 0. The molecule has 0 aromatic carbocycles. The predicted octanol–water partition coefficient (Wildman–Crippen LogP) is 0.227. The van der Waals surface area contributed by atoms with Crippen molar-refractivity contribution in [3.05, 3.63) is 12.1 Å². The summed E-state index contributed by atoms with van der Waals surface area (Å²) in [4.78, 5) is 2.29. The summed E-state index contributed by atoms with van der Waals surface area (Å²) in [5, 5.41) is 15.7. The molecule has 0 atom stereocenters. The zero-order valence-corrected chi connectivity index (χ0v) is 10.2. The van der Waals surface area contributed by atoms with Gasteiger partial charge in [-0.25, -0.2) is 0 Å². The van der Waals surface area contributed by atoms with Crippen molar-refractivity contribution in [3.8, 4) is 0 Å². The number of hydrogen-bond donors (Lipinski definition) is 1. The lowest BCUT2D eigenvalue weighted by molar-refractivity contribution is 0.591. The maximum atomic E-state index is 5.71. The molecule has 0 saturated heterocycles. The molecule has 3 rings (SSSR count). The standard InChI is InChI=1S/C11H17N7/c12-7-8-17(9-3-1-2-4-9)11-6-5-10-13-15-16-18(10)14-11/h5-6,9H,1-4,7-8,12H2. The maximum Gasteiger partial charge on any atom is 0.200 e. The number of anilines is 1. The van der Waals surface area contributed by atoms with Gasteiger partial charge in [-0.3, -0.25) is 0 Å². The van der Waals surface area contributed by atoms with Crippen molar-refractivity contribution in [2.45, 2.75) is 31.7 Å². The van der Waals surface area contributed by atoms with Crippen LogP contribution in [0.3, 0.4) is 0 Å². The number of aromatic nitrogens is 5. The van der Waals surface area contributed by atoms with Crippen molar-refractivity contribution >= 4 is 11.5 Å². The minimum Gasteiger partial charge on any atom is -0.351 e. The van der Waals surface area contributed by atoms with Crippen LogP contribution in [0.15, 0.2) is 12.1 Å². The number of fused-ring (bicyclic) bond motifs is 1. The van der Waals surface area contributed by atoms with E-state index in [2.05, 4.69) is 25.5 Å². The summed E-state index contributed by atoms with van der Waals surface area (Å²) in [6.45, 7) is 1.46. The van der Waals surface area contributed by atoms with Gasteiger partial charge in [-0.1, -0.05) is 12.8 Å². The molecule has 2 aromatic rings. The number of hydrogen-bond acceptors (Lipinski definition) is 6. The summed E-state index contributed by atoms with van der Waals surface area (Å²) in [5.41, 5.74) is 6.38. The van der Waals surface area contributed by atoms with Crippen molar-refractivity contribution in [1.29, 1.82) is 0 Å². The second-order valence-corrected chi connectivity index (χ2v) is 4.64. The van der Waals surface area contributed by atoms with Crippen LogP contribution in [-0.4, -0.2) is 44.4 Å². The summed E-state index contributed by atoms with van der Waals surface area (Å²) < 4.78 is 1.47. The van der Waals surface area contributed by atoms with Gasteiger partial charge in [0, 0.05) is 19.1 Å². The highest BCUT2D eigenvalue weighted by molar-refractivity contribution is 5.45. The molecule has 0 bridgehead atoms. The molecule has 2 aromatic heterocycles. The van der Waals surface area contributed by atoms with E-state index in [4.69, 9.17) is 5.73 Å². The number of tetrazole rings is 1. The van der Waals surface area contributed by atoms with E-state index in [1.807, 2.05) is 12.1 Å². The Bertz CT molecular complexity index is 517. The van der Waals surface area contributed by atoms with E-state index >= 15 is 0 Å². The van der Waals surface area contributed by atoms with E-state index in [1.165, 1.54) is 30.3 Å². The first-order valence-corrected chi connectivity index (χ1v) is 6.40. The molecule has 0 unspecified atom stereocenters. The molecular weight excluding hydrogens is 230 g/mol. The fraction of sp³-hybridized carbons (Fsp3) is 0.636. The molecule has 1 aliphatic carbocycles. The highest BCUT2D eigenvalue weighted by Gasteiger charge is 2.23. The van der Waals surface area contributed by atoms with Crippen molar-refractivity contribution in [2.75, 3.05) is 18.0 Å². The quantitative estimate of drug-likeness (QED) is 0.832. The van der Waals surface area contributed by atoms with E-state index in [-0.39, 0.29) is 0 Å². The first kappa shape index (κ1) is 11.3. The Balaban J connectivity index is 1.92. The van der Waals surface area contributed by atoms with E-state index in [0.717, 1.165) is 12.4 Å². The third-order valence-electron chi connectivity index (χ3n) is 3.49. The van der Waals surface area contributed by atoms with E-state index in [9.17, 15) is 0 Å². The lowest BCUT2D eigenvalue weighted by atomic mass is 10.2. The molecule has 7 nitrogen and oxygen atoms in total. The number of rotatable bonds is 4. The molecule has 1 saturated carbocycles. The molecule has 2 N–H and O–H groups in total. The van der Waals surface area contributed by atoms with Crippen LogP contribution in [0, 0.1) is 0 Å². The number of nitrogens with zero attached hydrogens (tertiary/aromatic N) is 6. The molecule has 1 fully saturated rings. The van der Waals surface area contributed by atoms with Gasteiger partial charge in [0.2, 0.25) is 0 Å². The van der Waals surface area contributed by atoms with Crippen LogP contribution in [0.4, 0.5) is 5.82 Å². The Morgan fingerprint density at radius 2 is 2.17 bits per heavy atom. The van der Waals surface area contributed by atoms with Gasteiger partial charge in [-0.05, 0) is 35.4 Å². The minimum atomic E-state index is 0.551. The van der Waals surface area contributed by atoms with Crippen LogP contribution in [-0.2, 0) is 0 Å². The maximum absolute atomic E-state index is 5.71. The van der Waals surface area contributed by atoms with Crippen molar-refractivity contribution in [1.82, 2.24) is 25.3 Å². The van der Waals surface area contributed by atoms with Crippen LogP contribution in [0.2, 0.25) is 0 Å². The fourth-order valence-electron chi connectivity index (χ4n) is 2.63. The Kier molecular flexibility index (Phi) is 3.06. The van der Waals surface area contributed by atoms with Crippen LogP contribution in [0.25, 0.3) is 5.65 Å². The monoisotopic (exact) mass is 247 g/mol. The Morgan fingerprint density at radius 1 is 1.33 bits per heavy atom. The minimum absolute atomic E-state index is 0.551. The average Bonchev–Trinajstić information content (AvgIpc) is 3.05. The molecule has 0 amide bonds. The van der Waals surface area contributed by atoms with Crippen LogP contribution < -0.4 is 10.6 Å². The highest BCUT2D eigenvalue weighted by Crippen LogP contribution is 2.26. The molecule has 1 aliphatic rings. The van der Waals surface area contributed by atoms with Gasteiger partial charge in [-0.15, -0.1) is 14.8 Å². The van der Waals surface area contributed by atoms with Gasteiger partial charge >= 0.3 is 0 Å². The Morgan fingerprint density at radius 3 is 2.94 bits per heavy atom. The summed E-state index contributed by atoms with van der Waals surface area (Å²) in [6, 6.07) is 4.41. The molecule has 7 heteroatoms. The highest BCUT2D eigenvalue weighted by atomic mass is 15.6.